The van der Waals surface area contributed by atoms with Crippen LogP contribution in [0.1, 0.15) is 36.6 Å². The summed E-state index contributed by atoms with van der Waals surface area (Å²) in [5.41, 5.74) is 2.97. The van der Waals surface area contributed by atoms with Crippen LogP contribution >= 0.6 is 11.3 Å². The van der Waals surface area contributed by atoms with Crippen LogP contribution in [-0.2, 0) is 0 Å². The molecule has 1 aliphatic rings. The maximum atomic E-state index is 5.69. The zero-order chi connectivity index (χ0) is 11.7. The SMILES string of the molecule is NNC(CCC1CC1)c1cc2ccccc2s1. The Hall–Kier alpha value is -0.900. The van der Waals surface area contributed by atoms with Crippen molar-refractivity contribution in [2.75, 3.05) is 0 Å². The molecule has 2 aromatic rings. The number of hydrogen-bond donors (Lipinski definition) is 2. The van der Waals surface area contributed by atoms with Crippen molar-refractivity contribution in [1.29, 1.82) is 0 Å². The van der Waals surface area contributed by atoms with Gasteiger partial charge in [-0.15, -0.1) is 11.3 Å². The van der Waals surface area contributed by atoms with Crippen molar-refractivity contribution in [2.24, 2.45) is 11.8 Å². The Morgan fingerprint density at radius 1 is 1.35 bits per heavy atom. The monoisotopic (exact) mass is 246 g/mol. The van der Waals surface area contributed by atoms with Gasteiger partial charge in [0.15, 0.2) is 0 Å². The summed E-state index contributed by atoms with van der Waals surface area (Å²) in [6.45, 7) is 0. The molecule has 3 heteroatoms. The zero-order valence-electron chi connectivity index (χ0n) is 9.86. The third-order valence-electron chi connectivity index (χ3n) is 3.55. The highest BCUT2D eigenvalue weighted by Gasteiger charge is 2.23. The molecule has 1 aliphatic carbocycles. The smallest absolute Gasteiger partial charge is 0.0553 e. The highest BCUT2D eigenvalue weighted by atomic mass is 32.1. The zero-order valence-corrected chi connectivity index (χ0v) is 10.7. The molecule has 0 spiro atoms. The Morgan fingerprint density at radius 2 is 2.18 bits per heavy atom. The Morgan fingerprint density at radius 3 is 2.88 bits per heavy atom. The van der Waals surface area contributed by atoms with Crippen molar-refractivity contribution < 1.29 is 0 Å². The van der Waals surface area contributed by atoms with Crippen molar-refractivity contribution in [3.05, 3.63) is 35.2 Å². The van der Waals surface area contributed by atoms with E-state index in [9.17, 15) is 0 Å². The predicted octanol–water partition coefficient (Wildman–Crippen LogP) is 3.60. The number of benzene rings is 1. The van der Waals surface area contributed by atoms with Crippen molar-refractivity contribution >= 4 is 21.4 Å². The lowest BCUT2D eigenvalue weighted by molar-refractivity contribution is 0.488. The molecule has 1 fully saturated rings. The largest absolute Gasteiger partial charge is 0.271 e. The molecular formula is C14H18N2S. The molecule has 1 aromatic carbocycles. The summed E-state index contributed by atoms with van der Waals surface area (Å²) in [5, 5.41) is 1.33. The molecule has 0 amide bonds. The minimum absolute atomic E-state index is 0.327. The van der Waals surface area contributed by atoms with Gasteiger partial charge in [-0.05, 0) is 36.3 Å². The van der Waals surface area contributed by atoms with E-state index >= 15 is 0 Å². The molecule has 0 radical (unpaired) electrons. The fourth-order valence-corrected chi connectivity index (χ4v) is 3.45. The molecule has 1 saturated carbocycles. The van der Waals surface area contributed by atoms with Crippen LogP contribution in [0.3, 0.4) is 0 Å². The maximum absolute atomic E-state index is 5.69. The van der Waals surface area contributed by atoms with Gasteiger partial charge in [0.25, 0.3) is 0 Å². The molecule has 90 valence electrons. The first-order valence-electron chi connectivity index (χ1n) is 6.31. The Balaban J connectivity index is 1.78. The molecule has 1 aromatic heterocycles. The van der Waals surface area contributed by atoms with Crippen LogP contribution in [0.15, 0.2) is 30.3 Å². The molecule has 3 N–H and O–H groups in total. The van der Waals surface area contributed by atoms with Crippen LogP contribution in [-0.4, -0.2) is 0 Å². The fraction of sp³-hybridized carbons (Fsp3) is 0.429. The quantitative estimate of drug-likeness (QED) is 0.625. The standard InChI is InChI=1S/C14H18N2S/c15-16-12(8-7-10-5-6-10)14-9-11-3-1-2-4-13(11)17-14/h1-4,9-10,12,16H,5-8,15H2. The molecule has 0 saturated heterocycles. The second-order valence-corrected chi connectivity index (χ2v) is 6.04. The average Bonchev–Trinajstić information content (AvgIpc) is 3.08. The summed E-state index contributed by atoms with van der Waals surface area (Å²) in [7, 11) is 0. The Bertz CT molecular complexity index is 469. The number of fused-ring (bicyclic) bond motifs is 1. The van der Waals surface area contributed by atoms with Crippen molar-refractivity contribution in [3.63, 3.8) is 0 Å². The van der Waals surface area contributed by atoms with Gasteiger partial charge in [0.2, 0.25) is 0 Å². The van der Waals surface area contributed by atoms with Gasteiger partial charge in [-0.2, -0.15) is 0 Å². The number of hydrogen-bond acceptors (Lipinski definition) is 3. The highest BCUT2D eigenvalue weighted by molar-refractivity contribution is 7.19. The van der Waals surface area contributed by atoms with Gasteiger partial charge >= 0.3 is 0 Å². The second-order valence-electron chi connectivity index (χ2n) is 4.93. The topological polar surface area (TPSA) is 38.0 Å². The first-order chi connectivity index (χ1) is 8.36. The van der Waals surface area contributed by atoms with E-state index in [1.165, 1.54) is 34.2 Å². The lowest BCUT2D eigenvalue weighted by Gasteiger charge is -2.13. The van der Waals surface area contributed by atoms with Gasteiger partial charge in [-0.25, -0.2) is 0 Å². The van der Waals surface area contributed by atoms with E-state index in [0.717, 1.165) is 12.3 Å². The van der Waals surface area contributed by atoms with E-state index < -0.39 is 0 Å². The summed E-state index contributed by atoms with van der Waals surface area (Å²) >= 11 is 1.86. The van der Waals surface area contributed by atoms with Gasteiger partial charge in [0.05, 0.1) is 6.04 Å². The van der Waals surface area contributed by atoms with E-state index in [1.807, 2.05) is 11.3 Å². The Kier molecular flexibility index (Phi) is 3.14. The molecule has 1 unspecified atom stereocenters. The van der Waals surface area contributed by atoms with Crippen LogP contribution in [0.25, 0.3) is 10.1 Å². The second kappa shape index (κ2) is 4.77. The lowest BCUT2D eigenvalue weighted by Crippen LogP contribution is -2.27. The van der Waals surface area contributed by atoms with Crippen LogP contribution in [0, 0.1) is 5.92 Å². The maximum Gasteiger partial charge on any atom is 0.0553 e. The number of thiophene rings is 1. The molecule has 3 rings (SSSR count). The first-order valence-corrected chi connectivity index (χ1v) is 7.13. The summed E-state index contributed by atoms with van der Waals surface area (Å²) in [5.74, 6) is 6.66. The molecular weight excluding hydrogens is 228 g/mol. The van der Waals surface area contributed by atoms with E-state index in [2.05, 4.69) is 35.8 Å². The van der Waals surface area contributed by atoms with Gasteiger partial charge in [0, 0.05) is 9.58 Å². The molecule has 1 heterocycles. The van der Waals surface area contributed by atoms with E-state index in [4.69, 9.17) is 5.84 Å². The van der Waals surface area contributed by atoms with Crippen LogP contribution in [0.4, 0.5) is 0 Å². The molecule has 17 heavy (non-hydrogen) atoms. The molecule has 2 nitrogen and oxygen atoms in total. The van der Waals surface area contributed by atoms with Crippen LogP contribution in [0.2, 0.25) is 0 Å². The summed E-state index contributed by atoms with van der Waals surface area (Å²) in [6, 6.07) is 11.1. The van der Waals surface area contributed by atoms with Crippen LogP contribution in [0.5, 0.6) is 0 Å². The molecule has 1 atom stereocenters. The van der Waals surface area contributed by atoms with Crippen LogP contribution < -0.4 is 11.3 Å². The van der Waals surface area contributed by atoms with E-state index in [1.54, 1.807) is 0 Å². The normalized spacial score (nSPS) is 17.5. The van der Waals surface area contributed by atoms with E-state index in [-0.39, 0.29) is 0 Å². The van der Waals surface area contributed by atoms with Gasteiger partial charge in [-0.3, -0.25) is 11.3 Å². The number of rotatable bonds is 5. The van der Waals surface area contributed by atoms with Gasteiger partial charge in [0.1, 0.15) is 0 Å². The summed E-state index contributed by atoms with van der Waals surface area (Å²) in [6.07, 6.45) is 5.31. The fourth-order valence-electron chi connectivity index (χ4n) is 2.29. The Labute approximate surface area is 106 Å². The third kappa shape index (κ3) is 2.51. The minimum Gasteiger partial charge on any atom is -0.271 e. The minimum atomic E-state index is 0.327. The number of nitrogens with two attached hydrogens (primary N) is 1. The highest BCUT2D eigenvalue weighted by Crippen LogP contribution is 2.37. The number of nitrogens with one attached hydrogen (secondary N) is 1. The average molecular weight is 246 g/mol. The third-order valence-corrected chi connectivity index (χ3v) is 4.78. The van der Waals surface area contributed by atoms with Gasteiger partial charge < -0.3 is 0 Å². The van der Waals surface area contributed by atoms with Gasteiger partial charge in [-0.1, -0.05) is 31.0 Å². The first kappa shape index (κ1) is 11.2. The van der Waals surface area contributed by atoms with E-state index in [0.29, 0.717) is 6.04 Å². The molecule has 0 aliphatic heterocycles. The number of hydrazine groups is 1. The predicted molar refractivity (Wildman–Crippen MR) is 73.8 cm³/mol. The summed E-state index contributed by atoms with van der Waals surface area (Å²) < 4.78 is 1.36. The van der Waals surface area contributed by atoms with Crippen molar-refractivity contribution in [2.45, 2.75) is 31.7 Å². The van der Waals surface area contributed by atoms with Crippen molar-refractivity contribution in [3.8, 4) is 0 Å². The van der Waals surface area contributed by atoms with Crippen molar-refractivity contribution in [1.82, 2.24) is 5.43 Å². The lowest BCUT2D eigenvalue weighted by atomic mass is 10.1. The summed E-state index contributed by atoms with van der Waals surface area (Å²) in [4.78, 5) is 1.37. The molecule has 0 bridgehead atoms.